The van der Waals surface area contributed by atoms with E-state index in [0.717, 1.165) is 37.9 Å². The SMILES string of the molecule is CC(NC(=O)C1(C(N)=S)CCCCC1)c1ccco1. The van der Waals surface area contributed by atoms with E-state index in [1.165, 1.54) is 0 Å². The van der Waals surface area contributed by atoms with Crippen molar-refractivity contribution in [3.05, 3.63) is 24.2 Å². The van der Waals surface area contributed by atoms with Crippen LogP contribution in [0.4, 0.5) is 0 Å². The van der Waals surface area contributed by atoms with E-state index in [4.69, 9.17) is 22.4 Å². The third-order valence-corrected chi connectivity index (χ3v) is 4.32. The van der Waals surface area contributed by atoms with Gasteiger partial charge in [0.15, 0.2) is 0 Å². The fraction of sp³-hybridized carbons (Fsp3) is 0.571. The number of rotatable bonds is 4. The standard InChI is InChI=1S/C14H20N2O2S/c1-10(11-6-5-9-18-11)16-13(17)14(12(15)19)7-3-2-4-8-14/h5-6,9-10H,2-4,7-8H2,1H3,(H2,15,19)(H,16,17). The molecule has 1 heterocycles. The molecule has 1 unspecified atom stereocenters. The van der Waals surface area contributed by atoms with Crippen molar-refractivity contribution in [1.82, 2.24) is 5.32 Å². The maximum Gasteiger partial charge on any atom is 0.233 e. The Kier molecular flexibility index (Phi) is 4.24. The van der Waals surface area contributed by atoms with Gasteiger partial charge < -0.3 is 15.5 Å². The molecule has 4 nitrogen and oxygen atoms in total. The molecular formula is C14H20N2O2S. The van der Waals surface area contributed by atoms with Crippen LogP contribution in [0.5, 0.6) is 0 Å². The van der Waals surface area contributed by atoms with E-state index >= 15 is 0 Å². The third kappa shape index (κ3) is 2.81. The van der Waals surface area contributed by atoms with Crippen molar-refractivity contribution in [3.8, 4) is 0 Å². The van der Waals surface area contributed by atoms with Gasteiger partial charge in [0.2, 0.25) is 5.91 Å². The molecule has 3 N–H and O–H groups in total. The van der Waals surface area contributed by atoms with Gasteiger partial charge in [-0.15, -0.1) is 0 Å². The van der Waals surface area contributed by atoms with Gasteiger partial charge in [-0.2, -0.15) is 0 Å². The summed E-state index contributed by atoms with van der Waals surface area (Å²) < 4.78 is 5.30. The lowest BCUT2D eigenvalue weighted by Gasteiger charge is -2.35. The van der Waals surface area contributed by atoms with Crippen molar-refractivity contribution in [2.75, 3.05) is 0 Å². The van der Waals surface area contributed by atoms with Crippen LogP contribution >= 0.6 is 12.2 Å². The summed E-state index contributed by atoms with van der Waals surface area (Å²) in [6.45, 7) is 1.90. The van der Waals surface area contributed by atoms with Crippen LogP contribution in [0, 0.1) is 5.41 Å². The van der Waals surface area contributed by atoms with Gasteiger partial charge in [-0.3, -0.25) is 4.79 Å². The number of nitrogens with two attached hydrogens (primary N) is 1. The third-order valence-electron chi connectivity index (χ3n) is 3.93. The minimum Gasteiger partial charge on any atom is -0.467 e. The molecule has 2 rings (SSSR count). The highest BCUT2D eigenvalue weighted by Gasteiger charge is 2.42. The van der Waals surface area contributed by atoms with Crippen LogP contribution in [-0.2, 0) is 4.79 Å². The molecule has 1 aromatic heterocycles. The van der Waals surface area contributed by atoms with Gasteiger partial charge >= 0.3 is 0 Å². The molecule has 104 valence electrons. The Morgan fingerprint density at radius 1 is 1.47 bits per heavy atom. The first kappa shape index (κ1) is 14.1. The van der Waals surface area contributed by atoms with Crippen molar-refractivity contribution in [2.24, 2.45) is 11.1 Å². The Labute approximate surface area is 118 Å². The summed E-state index contributed by atoms with van der Waals surface area (Å²) in [7, 11) is 0. The van der Waals surface area contributed by atoms with Crippen molar-refractivity contribution in [1.29, 1.82) is 0 Å². The predicted molar refractivity (Wildman–Crippen MR) is 77.6 cm³/mol. The second-order valence-electron chi connectivity index (χ2n) is 5.22. The minimum atomic E-state index is -0.672. The highest BCUT2D eigenvalue weighted by molar-refractivity contribution is 7.80. The molecular weight excluding hydrogens is 260 g/mol. The maximum atomic E-state index is 12.5. The average Bonchev–Trinajstić information content (AvgIpc) is 2.93. The second-order valence-corrected chi connectivity index (χ2v) is 5.66. The highest BCUT2D eigenvalue weighted by atomic mass is 32.1. The first-order valence-corrected chi connectivity index (χ1v) is 7.11. The lowest BCUT2D eigenvalue weighted by molar-refractivity contribution is -0.129. The lowest BCUT2D eigenvalue weighted by atomic mass is 9.73. The smallest absolute Gasteiger partial charge is 0.233 e. The summed E-state index contributed by atoms with van der Waals surface area (Å²) in [5.41, 5.74) is 5.17. The van der Waals surface area contributed by atoms with Gasteiger partial charge in [0.1, 0.15) is 5.76 Å². The summed E-state index contributed by atoms with van der Waals surface area (Å²) >= 11 is 5.15. The number of carbonyl (C=O) groups excluding carboxylic acids is 1. The zero-order valence-electron chi connectivity index (χ0n) is 11.1. The zero-order chi connectivity index (χ0) is 13.9. The normalized spacial score (nSPS) is 19.6. The maximum absolute atomic E-state index is 12.5. The van der Waals surface area contributed by atoms with Crippen LogP contribution in [0.3, 0.4) is 0 Å². The molecule has 0 radical (unpaired) electrons. The first-order chi connectivity index (χ1) is 9.06. The van der Waals surface area contributed by atoms with E-state index in [9.17, 15) is 4.79 Å². The summed E-state index contributed by atoms with van der Waals surface area (Å²) in [6, 6.07) is 3.48. The number of thiocarbonyl (C=S) groups is 1. The number of furan rings is 1. The molecule has 0 aromatic carbocycles. The lowest BCUT2D eigenvalue weighted by Crippen LogP contribution is -2.50. The van der Waals surface area contributed by atoms with Gasteiger partial charge in [-0.25, -0.2) is 0 Å². The number of amides is 1. The van der Waals surface area contributed by atoms with Crippen LogP contribution in [0.1, 0.15) is 50.8 Å². The molecule has 0 saturated heterocycles. The largest absolute Gasteiger partial charge is 0.467 e. The van der Waals surface area contributed by atoms with Gasteiger partial charge in [-0.1, -0.05) is 31.5 Å². The fourth-order valence-corrected chi connectivity index (χ4v) is 2.98. The summed E-state index contributed by atoms with van der Waals surface area (Å²) in [4.78, 5) is 12.9. The van der Waals surface area contributed by atoms with Gasteiger partial charge in [0, 0.05) is 0 Å². The molecule has 1 aliphatic rings. The number of hydrogen-bond acceptors (Lipinski definition) is 3. The highest BCUT2D eigenvalue weighted by Crippen LogP contribution is 2.37. The molecule has 19 heavy (non-hydrogen) atoms. The van der Waals surface area contributed by atoms with Crippen LogP contribution < -0.4 is 11.1 Å². The molecule has 1 fully saturated rings. The van der Waals surface area contributed by atoms with Crippen LogP contribution in [0.2, 0.25) is 0 Å². The number of hydrogen-bond donors (Lipinski definition) is 2. The monoisotopic (exact) mass is 280 g/mol. The Hall–Kier alpha value is -1.36. The van der Waals surface area contributed by atoms with Crippen molar-refractivity contribution < 1.29 is 9.21 Å². The summed E-state index contributed by atoms with van der Waals surface area (Å²) in [5, 5.41) is 2.97. The molecule has 1 aromatic rings. The molecule has 1 saturated carbocycles. The molecule has 5 heteroatoms. The molecule has 0 aliphatic heterocycles. The van der Waals surface area contributed by atoms with Crippen molar-refractivity contribution in [3.63, 3.8) is 0 Å². The topological polar surface area (TPSA) is 68.3 Å². The molecule has 1 amide bonds. The Bertz CT molecular complexity index is 450. The summed E-state index contributed by atoms with van der Waals surface area (Å²) in [6.07, 6.45) is 6.24. The van der Waals surface area contributed by atoms with Crippen LogP contribution in [-0.4, -0.2) is 10.9 Å². The van der Waals surface area contributed by atoms with E-state index in [1.54, 1.807) is 6.26 Å². The number of carbonyl (C=O) groups is 1. The first-order valence-electron chi connectivity index (χ1n) is 6.70. The van der Waals surface area contributed by atoms with E-state index in [0.29, 0.717) is 4.99 Å². The molecule has 0 bridgehead atoms. The van der Waals surface area contributed by atoms with Crippen LogP contribution in [0.15, 0.2) is 22.8 Å². The van der Waals surface area contributed by atoms with E-state index in [2.05, 4.69) is 5.32 Å². The van der Waals surface area contributed by atoms with E-state index in [1.807, 2.05) is 19.1 Å². The predicted octanol–water partition coefficient (Wildman–Crippen LogP) is 2.69. The van der Waals surface area contributed by atoms with E-state index < -0.39 is 5.41 Å². The van der Waals surface area contributed by atoms with Crippen molar-refractivity contribution in [2.45, 2.75) is 45.1 Å². The Morgan fingerprint density at radius 2 is 2.16 bits per heavy atom. The zero-order valence-corrected chi connectivity index (χ0v) is 12.0. The van der Waals surface area contributed by atoms with Gasteiger partial charge in [0.25, 0.3) is 0 Å². The fourth-order valence-electron chi connectivity index (χ4n) is 2.68. The molecule has 1 aliphatic carbocycles. The average molecular weight is 280 g/mol. The molecule has 0 spiro atoms. The van der Waals surface area contributed by atoms with E-state index in [-0.39, 0.29) is 11.9 Å². The van der Waals surface area contributed by atoms with Gasteiger partial charge in [0.05, 0.1) is 22.7 Å². The quantitative estimate of drug-likeness (QED) is 0.832. The Morgan fingerprint density at radius 3 is 2.68 bits per heavy atom. The van der Waals surface area contributed by atoms with Gasteiger partial charge in [-0.05, 0) is 31.9 Å². The molecule has 1 atom stereocenters. The van der Waals surface area contributed by atoms with Crippen molar-refractivity contribution >= 4 is 23.1 Å². The second kappa shape index (κ2) is 5.74. The summed E-state index contributed by atoms with van der Waals surface area (Å²) in [5.74, 6) is 0.672. The minimum absolute atomic E-state index is 0.0661. The number of nitrogens with one attached hydrogen (secondary N) is 1. The Balaban J connectivity index is 2.10. The van der Waals surface area contributed by atoms with Crippen LogP contribution in [0.25, 0.3) is 0 Å².